The van der Waals surface area contributed by atoms with Crippen molar-refractivity contribution < 1.29 is 23.4 Å². The Morgan fingerprint density at radius 3 is 2.80 bits per heavy atom. The molecule has 0 aliphatic carbocycles. The van der Waals surface area contributed by atoms with Gasteiger partial charge in [-0.1, -0.05) is 29.5 Å². The number of hydrogen-bond acceptors (Lipinski definition) is 7. The van der Waals surface area contributed by atoms with Gasteiger partial charge in [-0.25, -0.2) is 9.37 Å². The SMILES string of the molecule is CCOc1cc([C@@H]2c3c(oc4ccccc4c3=O)C(=O)N2c2nc3ccc(F)cc3s2)ccc1O. The molecule has 35 heavy (non-hydrogen) atoms. The van der Waals surface area contributed by atoms with E-state index in [1.807, 2.05) is 0 Å². The summed E-state index contributed by atoms with van der Waals surface area (Å²) in [4.78, 5) is 33.3. The van der Waals surface area contributed by atoms with E-state index < -0.39 is 17.8 Å². The van der Waals surface area contributed by atoms with E-state index in [1.165, 1.54) is 23.1 Å². The molecule has 0 saturated carbocycles. The topological polar surface area (TPSA) is 92.9 Å². The van der Waals surface area contributed by atoms with Crippen molar-refractivity contribution in [1.29, 1.82) is 0 Å². The van der Waals surface area contributed by atoms with Gasteiger partial charge in [-0.3, -0.25) is 14.5 Å². The van der Waals surface area contributed by atoms with Crippen LogP contribution in [-0.2, 0) is 0 Å². The van der Waals surface area contributed by atoms with Gasteiger partial charge in [-0.05, 0) is 55.0 Å². The van der Waals surface area contributed by atoms with Gasteiger partial charge in [0, 0.05) is 0 Å². The predicted molar refractivity (Wildman–Crippen MR) is 130 cm³/mol. The highest BCUT2D eigenvalue weighted by Crippen LogP contribution is 2.45. The minimum Gasteiger partial charge on any atom is -0.504 e. The lowest BCUT2D eigenvalue weighted by atomic mass is 9.98. The highest BCUT2D eigenvalue weighted by atomic mass is 32.1. The Labute approximate surface area is 201 Å². The average Bonchev–Trinajstić information content (AvgIpc) is 3.39. The molecule has 1 aliphatic rings. The Balaban J connectivity index is 1.63. The van der Waals surface area contributed by atoms with Crippen molar-refractivity contribution in [3.8, 4) is 11.5 Å². The third kappa shape index (κ3) is 3.27. The summed E-state index contributed by atoms with van der Waals surface area (Å²) >= 11 is 1.14. The molecule has 6 rings (SSSR count). The van der Waals surface area contributed by atoms with Gasteiger partial charge in [0.2, 0.25) is 5.76 Å². The lowest BCUT2D eigenvalue weighted by molar-refractivity contribution is 0.0971. The largest absolute Gasteiger partial charge is 0.504 e. The number of halogens is 1. The van der Waals surface area contributed by atoms with Crippen LogP contribution in [0.2, 0.25) is 0 Å². The number of phenolic OH excluding ortho intramolecular Hbond substituents is 1. The van der Waals surface area contributed by atoms with E-state index in [2.05, 4.69) is 4.98 Å². The van der Waals surface area contributed by atoms with Crippen LogP contribution in [0.4, 0.5) is 9.52 Å². The second-order valence-corrected chi connectivity index (χ2v) is 9.03. The molecule has 0 radical (unpaired) electrons. The summed E-state index contributed by atoms with van der Waals surface area (Å²) in [6.07, 6.45) is 0. The summed E-state index contributed by atoms with van der Waals surface area (Å²) in [5, 5.41) is 10.9. The smallest absolute Gasteiger partial charge is 0.297 e. The molecular formula is C26H17FN2O5S. The van der Waals surface area contributed by atoms with Gasteiger partial charge in [0.05, 0.1) is 33.8 Å². The molecule has 3 aromatic carbocycles. The molecule has 174 valence electrons. The highest BCUT2D eigenvalue weighted by Gasteiger charge is 2.45. The Hall–Kier alpha value is -4.24. The first kappa shape index (κ1) is 21.3. The van der Waals surface area contributed by atoms with Gasteiger partial charge in [0.15, 0.2) is 22.1 Å². The van der Waals surface area contributed by atoms with Gasteiger partial charge in [0.1, 0.15) is 11.4 Å². The van der Waals surface area contributed by atoms with Crippen LogP contribution < -0.4 is 15.1 Å². The lowest BCUT2D eigenvalue weighted by Gasteiger charge is -2.23. The van der Waals surface area contributed by atoms with E-state index >= 15 is 0 Å². The summed E-state index contributed by atoms with van der Waals surface area (Å²) in [6, 6.07) is 14.7. The monoisotopic (exact) mass is 488 g/mol. The zero-order chi connectivity index (χ0) is 24.3. The number of hydrogen-bond donors (Lipinski definition) is 1. The molecule has 5 aromatic rings. The Morgan fingerprint density at radius 1 is 1.14 bits per heavy atom. The van der Waals surface area contributed by atoms with Crippen LogP contribution in [-0.4, -0.2) is 22.6 Å². The maximum atomic E-state index is 13.8. The molecule has 7 nitrogen and oxygen atoms in total. The Bertz CT molecular complexity index is 1710. The number of phenols is 1. The molecule has 1 N–H and O–H groups in total. The number of rotatable bonds is 4. The van der Waals surface area contributed by atoms with Crippen LogP contribution in [0, 0.1) is 5.82 Å². The average molecular weight is 488 g/mol. The van der Waals surface area contributed by atoms with E-state index in [-0.39, 0.29) is 28.3 Å². The number of ether oxygens (including phenoxy) is 1. The van der Waals surface area contributed by atoms with Crippen LogP contribution in [0.25, 0.3) is 21.2 Å². The fourth-order valence-corrected chi connectivity index (χ4v) is 5.41. The number of benzene rings is 3. The van der Waals surface area contributed by atoms with Crippen molar-refractivity contribution in [2.45, 2.75) is 13.0 Å². The standard InChI is InChI=1S/C26H17FN2O5S/c1-2-33-19-11-13(7-10-17(19)30)22-21-23(31)15-5-3-4-6-18(15)34-24(21)25(32)29(22)26-28-16-9-8-14(27)12-20(16)35-26/h3-12,22,30H,2H2,1H3/t22-/m1/s1. The zero-order valence-electron chi connectivity index (χ0n) is 18.3. The quantitative estimate of drug-likeness (QED) is 0.364. The van der Waals surface area contributed by atoms with E-state index in [0.717, 1.165) is 11.3 Å². The number of carbonyl (C=O) groups is 1. The van der Waals surface area contributed by atoms with Gasteiger partial charge in [0.25, 0.3) is 5.91 Å². The third-order valence-corrected chi connectivity index (χ3v) is 6.94. The molecule has 3 heterocycles. The van der Waals surface area contributed by atoms with Crippen LogP contribution in [0.5, 0.6) is 11.5 Å². The van der Waals surface area contributed by atoms with Crippen molar-refractivity contribution in [3.63, 3.8) is 0 Å². The van der Waals surface area contributed by atoms with Gasteiger partial charge >= 0.3 is 0 Å². The highest BCUT2D eigenvalue weighted by molar-refractivity contribution is 7.22. The fourth-order valence-electron chi connectivity index (χ4n) is 4.39. The van der Waals surface area contributed by atoms with E-state index in [1.54, 1.807) is 49.4 Å². The van der Waals surface area contributed by atoms with Crippen molar-refractivity contribution in [1.82, 2.24) is 4.98 Å². The molecule has 9 heteroatoms. The molecule has 2 aromatic heterocycles. The zero-order valence-corrected chi connectivity index (χ0v) is 19.1. The molecule has 0 bridgehead atoms. The third-order valence-electron chi connectivity index (χ3n) is 5.92. The predicted octanol–water partition coefficient (Wildman–Crippen LogP) is 5.40. The number of aromatic hydroxyl groups is 1. The van der Waals surface area contributed by atoms with Crippen LogP contribution >= 0.6 is 11.3 Å². The van der Waals surface area contributed by atoms with Gasteiger partial charge in [-0.15, -0.1) is 0 Å². The van der Waals surface area contributed by atoms with Crippen LogP contribution in [0.15, 0.2) is 69.9 Å². The molecule has 0 fully saturated rings. The first-order valence-electron chi connectivity index (χ1n) is 10.9. The van der Waals surface area contributed by atoms with Gasteiger partial charge in [-0.2, -0.15) is 0 Å². The second-order valence-electron chi connectivity index (χ2n) is 8.02. The number of thiazole rings is 1. The van der Waals surface area contributed by atoms with Crippen molar-refractivity contribution in [2.75, 3.05) is 11.5 Å². The minimum atomic E-state index is -0.886. The molecule has 1 amide bonds. The Kier molecular flexibility index (Phi) is 4.82. The van der Waals surface area contributed by atoms with Crippen LogP contribution in [0.3, 0.4) is 0 Å². The maximum absolute atomic E-state index is 13.8. The van der Waals surface area contributed by atoms with E-state index in [9.17, 15) is 19.1 Å². The number of nitrogens with zero attached hydrogens (tertiary/aromatic N) is 2. The fraction of sp³-hybridized carbons (Fsp3) is 0.115. The Morgan fingerprint density at radius 2 is 1.97 bits per heavy atom. The molecular weight excluding hydrogens is 471 g/mol. The normalized spacial score (nSPS) is 15.2. The minimum absolute atomic E-state index is 0.0623. The van der Waals surface area contributed by atoms with E-state index in [0.29, 0.717) is 38.5 Å². The van der Waals surface area contributed by atoms with Crippen LogP contribution in [0.1, 0.15) is 34.6 Å². The van der Waals surface area contributed by atoms with Crippen molar-refractivity contribution >= 4 is 43.6 Å². The number of para-hydroxylation sites is 1. The number of aromatic nitrogens is 1. The van der Waals surface area contributed by atoms with Gasteiger partial charge < -0.3 is 14.3 Å². The summed E-state index contributed by atoms with van der Waals surface area (Å²) in [7, 11) is 0. The second kappa shape index (κ2) is 7.92. The molecule has 1 atom stereocenters. The number of fused-ring (bicyclic) bond motifs is 3. The van der Waals surface area contributed by atoms with Crippen molar-refractivity contribution in [3.05, 3.63) is 93.6 Å². The summed E-state index contributed by atoms with van der Waals surface area (Å²) in [6.45, 7) is 2.10. The molecule has 0 saturated heterocycles. The first-order valence-corrected chi connectivity index (χ1v) is 11.7. The molecule has 1 aliphatic heterocycles. The molecule has 0 unspecified atom stereocenters. The van der Waals surface area contributed by atoms with Crippen molar-refractivity contribution in [2.24, 2.45) is 0 Å². The summed E-state index contributed by atoms with van der Waals surface area (Å²) in [5.74, 6) is -0.855. The first-order chi connectivity index (χ1) is 17.0. The lowest BCUT2D eigenvalue weighted by Crippen LogP contribution is -2.29. The van der Waals surface area contributed by atoms with E-state index in [4.69, 9.17) is 9.15 Å². The summed E-state index contributed by atoms with van der Waals surface area (Å²) < 4.78 is 25.9. The number of amides is 1. The number of anilines is 1. The summed E-state index contributed by atoms with van der Waals surface area (Å²) in [5.41, 5.74) is 1.20. The molecule has 0 spiro atoms. The maximum Gasteiger partial charge on any atom is 0.297 e. The number of carbonyl (C=O) groups excluding carboxylic acids is 1.